The minimum absolute atomic E-state index is 0.282. The van der Waals surface area contributed by atoms with Crippen molar-refractivity contribution >= 4 is 0 Å². The molecule has 54 valence electrons. The molecule has 0 amide bonds. The smallest absolute Gasteiger partial charge is 0.107 e. The molecule has 0 radical (unpaired) electrons. The zero-order valence-corrected chi connectivity index (χ0v) is 6.26. The maximum Gasteiger partial charge on any atom is 0.107 e. The van der Waals surface area contributed by atoms with Crippen LogP contribution in [0.15, 0.2) is 0 Å². The molecule has 1 heterocycles. The lowest BCUT2D eigenvalue weighted by atomic mass is 10.3. The molecule has 1 aliphatic heterocycles. The molecular formula is C7H14O2. The molecule has 0 spiro atoms. The molecule has 0 aliphatic carbocycles. The van der Waals surface area contributed by atoms with E-state index in [1.54, 1.807) is 0 Å². The predicted molar refractivity (Wildman–Crippen MR) is 35.4 cm³/mol. The molecule has 1 aliphatic rings. The van der Waals surface area contributed by atoms with Crippen molar-refractivity contribution in [1.29, 1.82) is 0 Å². The van der Waals surface area contributed by atoms with E-state index >= 15 is 0 Å². The summed E-state index contributed by atoms with van der Waals surface area (Å²) in [6.45, 7) is 7.02. The van der Waals surface area contributed by atoms with Gasteiger partial charge < -0.3 is 9.47 Å². The second kappa shape index (κ2) is 2.67. The first-order chi connectivity index (χ1) is 4.20. The molecular weight excluding hydrogens is 116 g/mol. The molecule has 0 bridgehead atoms. The van der Waals surface area contributed by atoms with Gasteiger partial charge in [-0.1, -0.05) is 0 Å². The molecule has 0 unspecified atom stereocenters. The molecule has 0 aromatic carbocycles. The molecule has 2 nitrogen and oxygen atoms in total. The van der Waals surface area contributed by atoms with Gasteiger partial charge in [-0.3, -0.25) is 0 Å². The van der Waals surface area contributed by atoms with E-state index in [0.717, 1.165) is 6.61 Å². The number of hydrogen-bond acceptors (Lipinski definition) is 2. The van der Waals surface area contributed by atoms with Gasteiger partial charge in [0.2, 0.25) is 0 Å². The molecule has 1 rings (SSSR count). The van der Waals surface area contributed by atoms with Gasteiger partial charge >= 0.3 is 0 Å². The average molecular weight is 130 g/mol. The highest BCUT2D eigenvalue weighted by atomic mass is 16.6. The lowest BCUT2D eigenvalue weighted by molar-refractivity contribution is 0.00353. The summed E-state index contributed by atoms with van der Waals surface area (Å²) in [6, 6.07) is 0. The van der Waals surface area contributed by atoms with E-state index in [2.05, 4.69) is 6.92 Å². The van der Waals surface area contributed by atoms with Crippen LogP contribution in [0.5, 0.6) is 0 Å². The highest BCUT2D eigenvalue weighted by Crippen LogP contribution is 2.17. The van der Waals surface area contributed by atoms with Gasteiger partial charge in [-0.2, -0.15) is 0 Å². The number of rotatable bonds is 3. The summed E-state index contributed by atoms with van der Waals surface area (Å²) in [4.78, 5) is 0. The number of ether oxygens (including phenoxy) is 2. The van der Waals surface area contributed by atoms with Crippen LogP contribution in [0.2, 0.25) is 0 Å². The Balaban J connectivity index is 2.10. The van der Waals surface area contributed by atoms with E-state index in [-0.39, 0.29) is 6.10 Å². The summed E-state index contributed by atoms with van der Waals surface area (Å²) in [5.41, 5.74) is 0. The van der Waals surface area contributed by atoms with Gasteiger partial charge in [0.25, 0.3) is 0 Å². The van der Waals surface area contributed by atoms with Gasteiger partial charge in [-0.25, -0.2) is 0 Å². The minimum Gasteiger partial charge on any atom is -0.373 e. The van der Waals surface area contributed by atoms with Gasteiger partial charge in [0, 0.05) is 0 Å². The summed E-state index contributed by atoms with van der Waals surface area (Å²) in [7, 11) is 0. The lowest BCUT2D eigenvalue weighted by Crippen LogP contribution is -2.19. The standard InChI is InChI=1S/C7H14O2/c1-5(2)9-6(3)7-4-8-7/h5-7H,4H2,1-3H3/t6-,7+/m0/s1. The molecule has 0 saturated carbocycles. The van der Waals surface area contributed by atoms with Crippen molar-refractivity contribution in [2.24, 2.45) is 0 Å². The van der Waals surface area contributed by atoms with E-state index in [0.29, 0.717) is 12.2 Å². The van der Waals surface area contributed by atoms with E-state index in [9.17, 15) is 0 Å². The Bertz CT molecular complexity index is 86.9. The largest absolute Gasteiger partial charge is 0.373 e. The Morgan fingerprint density at radius 3 is 2.33 bits per heavy atom. The van der Waals surface area contributed by atoms with Crippen LogP contribution in [0, 0.1) is 0 Å². The molecule has 2 atom stereocenters. The third-order valence-corrected chi connectivity index (χ3v) is 1.37. The van der Waals surface area contributed by atoms with Gasteiger partial charge in [-0.15, -0.1) is 0 Å². The molecule has 9 heavy (non-hydrogen) atoms. The van der Waals surface area contributed by atoms with Crippen molar-refractivity contribution in [2.75, 3.05) is 6.61 Å². The van der Waals surface area contributed by atoms with E-state index in [4.69, 9.17) is 9.47 Å². The maximum absolute atomic E-state index is 5.45. The first-order valence-electron chi connectivity index (χ1n) is 3.47. The summed E-state index contributed by atoms with van der Waals surface area (Å²) in [6.07, 6.45) is 0.988. The van der Waals surface area contributed by atoms with Crippen molar-refractivity contribution in [3.8, 4) is 0 Å². The third-order valence-electron chi connectivity index (χ3n) is 1.37. The number of epoxide rings is 1. The van der Waals surface area contributed by atoms with Crippen LogP contribution in [-0.2, 0) is 9.47 Å². The maximum atomic E-state index is 5.45. The Morgan fingerprint density at radius 2 is 2.00 bits per heavy atom. The van der Waals surface area contributed by atoms with E-state index in [1.807, 2.05) is 13.8 Å². The fourth-order valence-electron chi connectivity index (χ4n) is 0.844. The van der Waals surface area contributed by atoms with Crippen LogP contribution in [0.25, 0.3) is 0 Å². The fourth-order valence-corrected chi connectivity index (χ4v) is 0.844. The molecule has 0 aromatic heterocycles. The van der Waals surface area contributed by atoms with E-state index in [1.165, 1.54) is 0 Å². The van der Waals surface area contributed by atoms with Crippen LogP contribution in [0.4, 0.5) is 0 Å². The first-order valence-corrected chi connectivity index (χ1v) is 3.47. The highest BCUT2D eigenvalue weighted by molar-refractivity contribution is 4.76. The highest BCUT2D eigenvalue weighted by Gasteiger charge is 2.30. The molecule has 2 heteroatoms. The summed E-state index contributed by atoms with van der Waals surface area (Å²) >= 11 is 0. The summed E-state index contributed by atoms with van der Waals surface area (Å²) < 4.78 is 10.5. The molecule has 0 aromatic rings. The second-order valence-electron chi connectivity index (χ2n) is 2.76. The first kappa shape index (κ1) is 7.03. The van der Waals surface area contributed by atoms with Gasteiger partial charge in [0.05, 0.1) is 18.8 Å². The minimum atomic E-state index is 0.282. The van der Waals surface area contributed by atoms with E-state index < -0.39 is 0 Å². The normalized spacial score (nSPS) is 28.7. The van der Waals surface area contributed by atoms with Crippen LogP contribution in [0.1, 0.15) is 20.8 Å². The van der Waals surface area contributed by atoms with Crippen LogP contribution >= 0.6 is 0 Å². The van der Waals surface area contributed by atoms with Crippen molar-refractivity contribution < 1.29 is 9.47 Å². The molecule has 1 fully saturated rings. The van der Waals surface area contributed by atoms with Crippen LogP contribution in [-0.4, -0.2) is 24.9 Å². The van der Waals surface area contributed by atoms with Crippen molar-refractivity contribution in [1.82, 2.24) is 0 Å². The average Bonchev–Trinajstić information content (AvgIpc) is 2.40. The van der Waals surface area contributed by atoms with Crippen LogP contribution < -0.4 is 0 Å². The van der Waals surface area contributed by atoms with Crippen molar-refractivity contribution in [3.05, 3.63) is 0 Å². The lowest BCUT2D eigenvalue weighted by Gasteiger charge is -2.12. The Labute approximate surface area is 56.2 Å². The molecule has 1 saturated heterocycles. The zero-order valence-electron chi connectivity index (χ0n) is 6.26. The number of hydrogen-bond donors (Lipinski definition) is 0. The second-order valence-corrected chi connectivity index (χ2v) is 2.76. The SMILES string of the molecule is CC(C)O[C@@H](C)[C@H]1CO1. The Kier molecular flexibility index (Phi) is 2.09. The Hall–Kier alpha value is -0.0800. The monoisotopic (exact) mass is 130 g/mol. The van der Waals surface area contributed by atoms with Crippen LogP contribution in [0.3, 0.4) is 0 Å². The zero-order chi connectivity index (χ0) is 6.85. The van der Waals surface area contributed by atoms with Gasteiger partial charge in [0.15, 0.2) is 0 Å². The topological polar surface area (TPSA) is 21.8 Å². The summed E-state index contributed by atoms with van der Waals surface area (Å²) in [5, 5.41) is 0. The Morgan fingerprint density at radius 1 is 1.44 bits per heavy atom. The quantitative estimate of drug-likeness (QED) is 0.535. The van der Waals surface area contributed by atoms with Crippen molar-refractivity contribution in [3.63, 3.8) is 0 Å². The summed E-state index contributed by atoms with van der Waals surface area (Å²) in [5.74, 6) is 0. The predicted octanol–water partition coefficient (Wildman–Crippen LogP) is 1.20. The molecule has 0 N–H and O–H groups in total. The van der Waals surface area contributed by atoms with Gasteiger partial charge in [0.1, 0.15) is 6.10 Å². The van der Waals surface area contributed by atoms with Gasteiger partial charge in [-0.05, 0) is 20.8 Å². The van der Waals surface area contributed by atoms with Crippen molar-refractivity contribution in [2.45, 2.75) is 39.1 Å². The fraction of sp³-hybridized carbons (Fsp3) is 1.00. The third kappa shape index (κ3) is 2.33.